The monoisotopic (exact) mass is 416 g/mol. The van der Waals surface area contributed by atoms with Gasteiger partial charge in [-0.2, -0.15) is 10.1 Å². The Kier molecular flexibility index (Phi) is 5.23. The fourth-order valence-electron chi connectivity index (χ4n) is 2.42. The summed E-state index contributed by atoms with van der Waals surface area (Å²) in [6.45, 7) is 0.557. The molecule has 0 radical (unpaired) electrons. The van der Waals surface area contributed by atoms with Crippen LogP contribution in [0.2, 0.25) is 5.02 Å². The molecular weight excluding hydrogens is 404 g/mol. The van der Waals surface area contributed by atoms with Crippen molar-refractivity contribution in [1.82, 2.24) is 24.7 Å². The van der Waals surface area contributed by atoms with Crippen molar-refractivity contribution in [3.8, 4) is 10.8 Å². The van der Waals surface area contributed by atoms with Gasteiger partial charge in [-0.15, -0.1) is 22.7 Å². The maximum atomic E-state index is 12.4. The number of hydrogen-bond acceptors (Lipinski definition) is 6. The van der Waals surface area contributed by atoms with Gasteiger partial charge in [-0.1, -0.05) is 29.8 Å². The predicted octanol–water partition coefficient (Wildman–Crippen LogP) is 3.16. The largest absolute Gasteiger partial charge is 0.319 e. The molecule has 0 saturated carbocycles. The van der Waals surface area contributed by atoms with Crippen LogP contribution in [0.15, 0.2) is 52.5 Å². The summed E-state index contributed by atoms with van der Waals surface area (Å²) in [4.78, 5) is 25.7. The van der Waals surface area contributed by atoms with Crippen LogP contribution in [-0.4, -0.2) is 30.6 Å². The van der Waals surface area contributed by atoms with E-state index in [0.29, 0.717) is 32.9 Å². The van der Waals surface area contributed by atoms with Crippen molar-refractivity contribution >= 4 is 40.2 Å². The van der Waals surface area contributed by atoms with Gasteiger partial charge < -0.3 is 4.57 Å². The van der Waals surface area contributed by atoms with Crippen LogP contribution in [0.3, 0.4) is 0 Å². The average molecular weight is 417 g/mol. The van der Waals surface area contributed by atoms with Crippen molar-refractivity contribution in [1.29, 1.82) is 0 Å². The summed E-state index contributed by atoms with van der Waals surface area (Å²) in [5.41, 5.74) is 1.64. The third-order valence-electron chi connectivity index (χ3n) is 3.68. The minimum absolute atomic E-state index is 0.134. The molecule has 1 amide bonds. The van der Waals surface area contributed by atoms with E-state index in [9.17, 15) is 4.79 Å². The highest BCUT2D eigenvalue weighted by Gasteiger charge is 2.11. The summed E-state index contributed by atoms with van der Waals surface area (Å²) in [5.74, 6) is 0.339. The SMILES string of the molecule is O=C(Cc1csc(-c2ncn[nH]2)n1)N=c1sccn1Cc1ccccc1Cl. The van der Waals surface area contributed by atoms with E-state index in [0.717, 1.165) is 5.56 Å². The van der Waals surface area contributed by atoms with Gasteiger partial charge >= 0.3 is 0 Å². The maximum Gasteiger partial charge on any atom is 0.254 e. The van der Waals surface area contributed by atoms with E-state index < -0.39 is 0 Å². The quantitative estimate of drug-likeness (QED) is 0.541. The number of nitrogens with one attached hydrogen (secondary N) is 1. The fourth-order valence-corrected chi connectivity index (χ4v) is 4.13. The number of amides is 1. The lowest BCUT2D eigenvalue weighted by Gasteiger charge is -2.05. The van der Waals surface area contributed by atoms with Crippen molar-refractivity contribution in [2.24, 2.45) is 4.99 Å². The molecule has 136 valence electrons. The van der Waals surface area contributed by atoms with Gasteiger partial charge in [0.05, 0.1) is 18.7 Å². The van der Waals surface area contributed by atoms with E-state index in [1.807, 2.05) is 45.8 Å². The maximum absolute atomic E-state index is 12.4. The molecule has 0 atom stereocenters. The zero-order valence-electron chi connectivity index (χ0n) is 13.9. The molecule has 4 rings (SSSR count). The number of aromatic nitrogens is 5. The summed E-state index contributed by atoms with van der Waals surface area (Å²) >= 11 is 9.04. The molecular formula is C17H13ClN6OS2. The van der Waals surface area contributed by atoms with E-state index in [1.54, 1.807) is 0 Å². The molecule has 0 unspecified atom stereocenters. The highest BCUT2D eigenvalue weighted by molar-refractivity contribution is 7.13. The summed E-state index contributed by atoms with van der Waals surface area (Å²) < 4.78 is 1.91. The smallest absolute Gasteiger partial charge is 0.254 e. The van der Waals surface area contributed by atoms with Gasteiger partial charge in [-0.25, -0.2) is 9.97 Å². The van der Waals surface area contributed by atoms with Crippen LogP contribution >= 0.6 is 34.3 Å². The number of hydrogen-bond donors (Lipinski definition) is 1. The second kappa shape index (κ2) is 7.95. The van der Waals surface area contributed by atoms with Gasteiger partial charge in [-0.05, 0) is 11.6 Å². The first-order chi connectivity index (χ1) is 13.2. The Morgan fingerprint density at radius 3 is 3.00 bits per heavy atom. The van der Waals surface area contributed by atoms with Crippen molar-refractivity contribution in [2.45, 2.75) is 13.0 Å². The molecule has 7 nitrogen and oxygen atoms in total. The second-order valence-corrected chi connectivity index (χ2v) is 7.70. The van der Waals surface area contributed by atoms with Crippen LogP contribution in [0, 0.1) is 0 Å². The van der Waals surface area contributed by atoms with Crippen molar-refractivity contribution in [3.63, 3.8) is 0 Å². The Bertz CT molecular complexity index is 1130. The van der Waals surface area contributed by atoms with Gasteiger partial charge in [0.2, 0.25) is 0 Å². The molecule has 0 aliphatic rings. The van der Waals surface area contributed by atoms with Gasteiger partial charge in [-0.3, -0.25) is 9.89 Å². The lowest BCUT2D eigenvalue weighted by molar-refractivity contribution is -0.117. The number of nitrogens with zero attached hydrogens (tertiary/aromatic N) is 5. The molecule has 0 fully saturated rings. The Labute approximate surface area is 167 Å². The highest BCUT2D eigenvalue weighted by atomic mass is 35.5. The summed E-state index contributed by atoms with van der Waals surface area (Å²) in [6.07, 6.45) is 3.45. The number of rotatable bonds is 5. The van der Waals surface area contributed by atoms with Gasteiger partial charge in [0.1, 0.15) is 6.33 Å². The first kappa shape index (κ1) is 17.8. The Balaban J connectivity index is 1.50. The van der Waals surface area contributed by atoms with Gasteiger partial charge in [0.25, 0.3) is 5.91 Å². The van der Waals surface area contributed by atoms with Crippen LogP contribution < -0.4 is 4.80 Å². The number of benzene rings is 1. The van der Waals surface area contributed by atoms with Crippen LogP contribution in [0.25, 0.3) is 10.8 Å². The molecule has 3 aromatic heterocycles. The molecule has 1 aromatic carbocycles. The molecule has 3 heterocycles. The number of H-pyrrole nitrogens is 1. The molecule has 0 spiro atoms. The lowest BCUT2D eigenvalue weighted by Crippen LogP contribution is -2.17. The standard InChI is InChI=1S/C17H13ClN6OS2/c18-13-4-2-1-3-11(13)8-24-5-6-26-17(24)22-14(25)7-12-9-27-16(21-12)15-19-10-20-23-15/h1-6,9-10H,7-8H2,(H,19,20,23). The number of thiazole rings is 2. The highest BCUT2D eigenvalue weighted by Crippen LogP contribution is 2.20. The molecule has 4 aromatic rings. The van der Waals surface area contributed by atoms with Gasteiger partial charge in [0.15, 0.2) is 15.6 Å². The zero-order valence-corrected chi connectivity index (χ0v) is 16.3. The second-order valence-electron chi connectivity index (χ2n) is 5.57. The predicted molar refractivity (Wildman–Crippen MR) is 105 cm³/mol. The minimum atomic E-state index is -0.250. The van der Waals surface area contributed by atoms with Gasteiger partial charge in [0, 0.05) is 22.0 Å². The molecule has 0 aliphatic carbocycles. The number of aromatic amines is 1. The molecule has 0 saturated heterocycles. The Morgan fingerprint density at radius 1 is 1.30 bits per heavy atom. The van der Waals surface area contributed by atoms with E-state index in [2.05, 4.69) is 25.2 Å². The Hall–Kier alpha value is -2.62. The molecule has 27 heavy (non-hydrogen) atoms. The summed E-state index contributed by atoms with van der Waals surface area (Å²) in [6, 6.07) is 7.63. The first-order valence-electron chi connectivity index (χ1n) is 7.94. The van der Waals surface area contributed by atoms with E-state index in [1.165, 1.54) is 29.0 Å². The fraction of sp³-hybridized carbons (Fsp3) is 0.118. The van der Waals surface area contributed by atoms with Crippen molar-refractivity contribution < 1.29 is 4.79 Å². The number of halogens is 1. The Morgan fingerprint density at radius 2 is 2.19 bits per heavy atom. The van der Waals surface area contributed by atoms with Crippen LogP contribution in [0.1, 0.15) is 11.3 Å². The van der Waals surface area contributed by atoms with Crippen LogP contribution in [-0.2, 0) is 17.8 Å². The van der Waals surface area contributed by atoms with E-state index >= 15 is 0 Å². The van der Waals surface area contributed by atoms with Crippen LogP contribution in [0.5, 0.6) is 0 Å². The molecule has 1 N–H and O–H groups in total. The van der Waals surface area contributed by atoms with Crippen molar-refractivity contribution in [2.75, 3.05) is 0 Å². The minimum Gasteiger partial charge on any atom is -0.319 e. The zero-order chi connectivity index (χ0) is 18.6. The lowest BCUT2D eigenvalue weighted by atomic mass is 10.2. The van der Waals surface area contributed by atoms with Crippen LogP contribution in [0.4, 0.5) is 0 Å². The number of carbonyl (C=O) groups is 1. The van der Waals surface area contributed by atoms with Crippen molar-refractivity contribution in [3.05, 3.63) is 68.6 Å². The van der Waals surface area contributed by atoms with E-state index in [-0.39, 0.29) is 12.3 Å². The summed E-state index contributed by atoms with van der Waals surface area (Å²) in [5, 5.41) is 11.7. The normalized spacial score (nSPS) is 11.8. The average Bonchev–Trinajstić information content (AvgIpc) is 3.39. The molecule has 0 aliphatic heterocycles. The topological polar surface area (TPSA) is 88.8 Å². The molecule has 0 bridgehead atoms. The first-order valence-corrected chi connectivity index (χ1v) is 10.1. The summed E-state index contributed by atoms with van der Waals surface area (Å²) in [7, 11) is 0. The van der Waals surface area contributed by atoms with E-state index in [4.69, 9.17) is 11.6 Å². The third-order valence-corrected chi connectivity index (χ3v) is 5.74. The molecule has 10 heteroatoms. The number of carbonyl (C=O) groups excluding carboxylic acids is 1. The third kappa shape index (κ3) is 4.21.